The molecule has 2 amide bonds. The van der Waals surface area contributed by atoms with E-state index < -0.39 is 0 Å². The Morgan fingerprint density at radius 1 is 1.24 bits per heavy atom. The number of hydrogen-bond donors (Lipinski definition) is 1. The number of thiophene rings is 1. The molecule has 3 heterocycles. The fraction of sp³-hybridized carbons (Fsp3) is 0.478. The van der Waals surface area contributed by atoms with Gasteiger partial charge in [0.2, 0.25) is 5.91 Å². The van der Waals surface area contributed by atoms with E-state index >= 15 is 0 Å². The minimum absolute atomic E-state index is 0.0851. The Morgan fingerprint density at radius 3 is 2.69 bits per heavy atom. The second kappa shape index (κ2) is 8.19. The predicted molar refractivity (Wildman–Crippen MR) is 115 cm³/mol. The van der Waals surface area contributed by atoms with Gasteiger partial charge >= 0.3 is 0 Å². The molecule has 1 fully saturated rings. The van der Waals surface area contributed by atoms with Gasteiger partial charge in [-0.3, -0.25) is 9.59 Å². The summed E-state index contributed by atoms with van der Waals surface area (Å²) in [5.74, 6) is 1.21. The molecular formula is C23H28N2O3S. The van der Waals surface area contributed by atoms with Gasteiger partial charge in [0, 0.05) is 49.7 Å². The van der Waals surface area contributed by atoms with Crippen molar-refractivity contribution in [3.05, 3.63) is 52.2 Å². The van der Waals surface area contributed by atoms with Gasteiger partial charge in [0.05, 0.1) is 5.56 Å². The third-order valence-electron chi connectivity index (χ3n) is 5.92. The third-order valence-corrected chi connectivity index (χ3v) is 6.60. The highest BCUT2D eigenvalue weighted by atomic mass is 32.1. The van der Waals surface area contributed by atoms with Gasteiger partial charge in [-0.25, -0.2) is 0 Å². The summed E-state index contributed by atoms with van der Waals surface area (Å²) in [4.78, 5) is 27.1. The van der Waals surface area contributed by atoms with Crippen LogP contribution in [0.1, 0.15) is 61.4 Å². The summed E-state index contributed by atoms with van der Waals surface area (Å²) in [6.07, 6.45) is 2.87. The first-order valence-corrected chi connectivity index (χ1v) is 11.3. The number of piperidine rings is 1. The van der Waals surface area contributed by atoms with E-state index in [1.165, 1.54) is 0 Å². The molecule has 0 radical (unpaired) electrons. The summed E-state index contributed by atoms with van der Waals surface area (Å²) < 4.78 is 6.50. The number of rotatable bonds is 4. The number of benzene rings is 1. The molecule has 0 saturated carbocycles. The molecule has 2 aliphatic rings. The molecule has 154 valence electrons. The second-order valence-corrected chi connectivity index (χ2v) is 9.23. The molecule has 2 aromatic rings. The van der Waals surface area contributed by atoms with E-state index in [-0.39, 0.29) is 29.4 Å². The van der Waals surface area contributed by atoms with Gasteiger partial charge in [-0.1, -0.05) is 18.2 Å². The molecule has 1 unspecified atom stereocenters. The van der Waals surface area contributed by atoms with Crippen LogP contribution in [-0.4, -0.2) is 41.4 Å². The molecule has 4 rings (SSSR count). The van der Waals surface area contributed by atoms with E-state index in [1.807, 2.05) is 53.8 Å². The number of nitrogens with one attached hydrogen (secondary N) is 1. The number of amides is 2. The van der Waals surface area contributed by atoms with E-state index in [1.54, 1.807) is 11.3 Å². The van der Waals surface area contributed by atoms with Crippen molar-refractivity contribution in [1.82, 2.24) is 10.2 Å². The average Bonchev–Trinajstić information content (AvgIpc) is 3.22. The number of para-hydroxylation sites is 1. The SMILES string of the molecule is CC(C)NC(=O)CC1CC2(CCN(C(=O)c3ccsc3)CC2)Oc2ccccc21. The maximum absolute atomic E-state index is 12.7. The van der Waals surface area contributed by atoms with E-state index in [9.17, 15) is 9.59 Å². The molecule has 1 atom stereocenters. The van der Waals surface area contributed by atoms with Crippen molar-refractivity contribution in [3.8, 4) is 5.75 Å². The fourth-order valence-corrected chi connectivity index (χ4v) is 5.15. The maximum atomic E-state index is 12.7. The van der Waals surface area contributed by atoms with Crippen LogP contribution in [-0.2, 0) is 4.79 Å². The van der Waals surface area contributed by atoms with Crippen molar-refractivity contribution in [3.63, 3.8) is 0 Å². The molecule has 5 nitrogen and oxygen atoms in total. The molecule has 29 heavy (non-hydrogen) atoms. The Hall–Kier alpha value is -2.34. The van der Waals surface area contributed by atoms with Crippen molar-refractivity contribution in [2.24, 2.45) is 0 Å². The minimum atomic E-state index is -0.303. The largest absolute Gasteiger partial charge is 0.487 e. The van der Waals surface area contributed by atoms with Crippen LogP contribution in [0.25, 0.3) is 0 Å². The molecule has 6 heteroatoms. The number of carbonyl (C=O) groups excluding carboxylic acids is 2. The Kier molecular flexibility index (Phi) is 5.63. The lowest BCUT2D eigenvalue weighted by Crippen LogP contribution is -2.52. The molecule has 0 bridgehead atoms. The van der Waals surface area contributed by atoms with Crippen LogP contribution in [0.5, 0.6) is 5.75 Å². The van der Waals surface area contributed by atoms with Crippen molar-refractivity contribution in [2.75, 3.05) is 13.1 Å². The average molecular weight is 413 g/mol. The van der Waals surface area contributed by atoms with Crippen LogP contribution in [0.4, 0.5) is 0 Å². The Morgan fingerprint density at radius 2 is 2.00 bits per heavy atom. The van der Waals surface area contributed by atoms with Crippen molar-refractivity contribution in [1.29, 1.82) is 0 Å². The lowest BCUT2D eigenvalue weighted by molar-refractivity contribution is -0.122. The first kappa shape index (κ1) is 20.0. The smallest absolute Gasteiger partial charge is 0.254 e. The fourth-order valence-electron chi connectivity index (χ4n) is 4.52. The number of nitrogens with zero attached hydrogens (tertiary/aromatic N) is 1. The summed E-state index contributed by atoms with van der Waals surface area (Å²) >= 11 is 1.55. The number of fused-ring (bicyclic) bond motifs is 1. The molecule has 2 aliphatic heterocycles. The van der Waals surface area contributed by atoms with E-state index in [4.69, 9.17) is 4.74 Å². The monoisotopic (exact) mass is 412 g/mol. The first-order chi connectivity index (χ1) is 14.0. The van der Waals surface area contributed by atoms with Gasteiger partial charge in [-0.2, -0.15) is 11.3 Å². The number of carbonyl (C=O) groups is 2. The molecule has 1 aromatic heterocycles. The van der Waals surface area contributed by atoms with Crippen molar-refractivity contribution < 1.29 is 14.3 Å². The summed E-state index contributed by atoms with van der Waals surface area (Å²) in [5.41, 5.74) is 1.58. The highest BCUT2D eigenvalue weighted by Gasteiger charge is 2.44. The maximum Gasteiger partial charge on any atom is 0.254 e. The standard InChI is InChI=1S/C23H28N2O3S/c1-16(2)24-21(26)13-18-14-23(28-20-6-4-3-5-19(18)20)8-10-25(11-9-23)22(27)17-7-12-29-15-17/h3-7,12,15-16,18H,8-11,13-14H2,1-2H3,(H,24,26). The van der Waals surface area contributed by atoms with E-state index in [0.29, 0.717) is 19.5 Å². The van der Waals surface area contributed by atoms with Crippen molar-refractivity contribution >= 4 is 23.2 Å². The number of likely N-dealkylation sites (tertiary alicyclic amines) is 1. The Bertz CT molecular complexity index is 870. The Labute approximate surface area is 176 Å². The molecule has 0 aliphatic carbocycles. The molecule has 1 N–H and O–H groups in total. The van der Waals surface area contributed by atoms with Crippen LogP contribution < -0.4 is 10.1 Å². The number of hydrogen-bond acceptors (Lipinski definition) is 4. The molecule has 1 saturated heterocycles. The van der Waals surface area contributed by atoms with Crippen LogP contribution in [0, 0.1) is 0 Å². The summed E-state index contributed by atoms with van der Waals surface area (Å²) in [5, 5.41) is 6.86. The summed E-state index contributed by atoms with van der Waals surface area (Å²) in [6, 6.07) is 10.1. The normalized spacial score (nSPS) is 20.2. The lowest BCUT2D eigenvalue weighted by atomic mass is 9.76. The topological polar surface area (TPSA) is 58.6 Å². The molecule has 1 spiro atoms. The zero-order valence-electron chi connectivity index (χ0n) is 17.0. The summed E-state index contributed by atoms with van der Waals surface area (Å²) in [7, 11) is 0. The van der Waals surface area contributed by atoms with Gasteiger partial charge in [0.1, 0.15) is 11.4 Å². The van der Waals surface area contributed by atoms with Crippen LogP contribution in [0.2, 0.25) is 0 Å². The zero-order chi connectivity index (χ0) is 20.4. The second-order valence-electron chi connectivity index (χ2n) is 8.45. The first-order valence-electron chi connectivity index (χ1n) is 10.3. The van der Waals surface area contributed by atoms with E-state index in [2.05, 4.69) is 11.4 Å². The number of ether oxygens (including phenoxy) is 1. The van der Waals surface area contributed by atoms with Gasteiger partial charge in [-0.15, -0.1) is 0 Å². The van der Waals surface area contributed by atoms with E-state index in [0.717, 1.165) is 36.1 Å². The third kappa shape index (κ3) is 4.32. The predicted octanol–water partition coefficient (Wildman–Crippen LogP) is 4.20. The van der Waals surface area contributed by atoms with Gasteiger partial charge in [-0.05, 0) is 43.3 Å². The lowest BCUT2D eigenvalue weighted by Gasteiger charge is -2.47. The van der Waals surface area contributed by atoms with Gasteiger partial charge in [0.15, 0.2) is 0 Å². The van der Waals surface area contributed by atoms with Crippen molar-refractivity contribution in [2.45, 2.75) is 57.1 Å². The highest BCUT2D eigenvalue weighted by Crippen LogP contribution is 2.46. The Balaban J connectivity index is 1.49. The van der Waals surface area contributed by atoms with Gasteiger partial charge in [0.25, 0.3) is 5.91 Å². The quantitative estimate of drug-likeness (QED) is 0.819. The molecule has 1 aromatic carbocycles. The van der Waals surface area contributed by atoms with Crippen LogP contribution in [0.3, 0.4) is 0 Å². The van der Waals surface area contributed by atoms with Gasteiger partial charge < -0.3 is 15.0 Å². The summed E-state index contributed by atoms with van der Waals surface area (Å²) in [6.45, 7) is 5.33. The highest BCUT2D eigenvalue weighted by molar-refractivity contribution is 7.08. The van der Waals surface area contributed by atoms with Crippen LogP contribution >= 0.6 is 11.3 Å². The van der Waals surface area contributed by atoms with Crippen LogP contribution in [0.15, 0.2) is 41.1 Å². The molecular weight excluding hydrogens is 384 g/mol. The zero-order valence-corrected chi connectivity index (χ0v) is 17.8. The minimum Gasteiger partial charge on any atom is -0.487 e.